The molecule has 0 aliphatic heterocycles. The Balaban J connectivity index is 2.22. The lowest BCUT2D eigenvalue weighted by Crippen LogP contribution is -2.10. The van der Waals surface area contributed by atoms with Gasteiger partial charge < -0.3 is 11.1 Å². The lowest BCUT2D eigenvalue weighted by molar-refractivity contribution is 0.864. The first-order chi connectivity index (χ1) is 9.11. The van der Waals surface area contributed by atoms with Gasteiger partial charge in [-0.3, -0.25) is 0 Å². The van der Waals surface area contributed by atoms with Gasteiger partial charge >= 0.3 is 0 Å². The first kappa shape index (κ1) is 12.9. The topological polar surface area (TPSA) is 74.7 Å². The van der Waals surface area contributed by atoms with E-state index in [1.54, 1.807) is 12.1 Å². The zero-order valence-electron chi connectivity index (χ0n) is 11.0. The maximum atomic E-state index is 8.92. The Morgan fingerprint density at radius 2 is 2.00 bits per heavy atom. The van der Waals surface area contributed by atoms with Gasteiger partial charge in [0.25, 0.3) is 0 Å². The average Bonchev–Trinajstić information content (AvgIpc) is 2.41. The number of pyridine rings is 1. The van der Waals surface area contributed by atoms with E-state index in [-0.39, 0.29) is 11.7 Å². The predicted octanol–water partition coefficient (Wildman–Crippen LogP) is 3.02. The predicted molar refractivity (Wildman–Crippen MR) is 76.6 cm³/mol. The van der Waals surface area contributed by atoms with Crippen LogP contribution < -0.4 is 11.1 Å². The molecular formula is C15H16N4. The summed E-state index contributed by atoms with van der Waals surface area (Å²) in [4.78, 5) is 4.19. The summed E-state index contributed by atoms with van der Waals surface area (Å²) in [6.45, 7) is 4.14. The van der Waals surface area contributed by atoms with Crippen LogP contribution in [0.4, 0.5) is 11.5 Å². The molecule has 1 aromatic carbocycles. The number of aromatic nitrogens is 1. The van der Waals surface area contributed by atoms with E-state index in [2.05, 4.69) is 36.3 Å². The quantitative estimate of drug-likeness (QED) is 0.880. The molecule has 0 radical (unpaired) electrons. The van der Waals surface area contributed by atoms with Crippen molar-refractivity contribution in [2.75, 3.05) is 11.1 Å². The van der Waals surface area contributed by atoms with Crippen molar-refractivity contribution in [3.05, 3.63) is 53.2 Å². The molecule has 1 heterocycles. The highest BCUT2D eigenvalue weighted by Crippen LogP contribution is 2.22. The van der Waals surface area contributed by atoms with Crippen molar-refractivity contribution >= 4 is 11.5 Å². The van der Waals surface area contributed by atoms with Crippen LogP contribution in [0.1, 0.15) is 29.8 Å². The molecule has 0 fully saturated rings. The number of nitrogen functional groups attached to an aromatic ring is 1. The van der Waals surface area contributed by atoms with E-state index in [9.17, 15) is 0 Å². The largest absolute Gasteiger partial charge is 0.396 e. The van der Waals surface area contributed by atoms with Crippen LogP contribution in [0.25, 0.3) is 0 Å². The first-order valence-corrected chi connectivity index (χ1v) is 6.10. The zero-order valence-corrected chi connectivity index (χ0v) is 11.0. The third kappa shape index (κ3) is 2.83. The van der Waals surface area contributed by atoms with Crippen molar-refractivity contribution < 1.29 is 0 Å². The number of nitriles is 1. The highest BCUT2D eigenvalue weighted by molar-refractivity contribution is 5.55. The second kappa shape index (κ2) is 5.40. The summed E-state index contributed by atoms with van der Waals surface area (Å²) in [5.41, 5.74) is 8.73. The Kier molecular flexibility index (Phi) is 3.67. The normalized spacial score (nSPS) is 11.6. The van der Waals surface area contributed by atoms with Gasteiger partial charge in [-0.1, -0.05) is 24.3 Å². The molecule has 0 saturated carbocycles. The molecule has 4 heteroatoms. The van der Waals surface area contributed by atoms with E-state index in [0.717, 1.165) is 0 Å². The van der Waals surface area contributed by atoms with Gasteiger partial charge in [-0.15, -0.1) is 0 Å². The van der Waals surface area contributed by atoms with Gasteiger partial charge in [0, 0.05) is 0 Å². The highest BCUT2D eigenvalue weighted by atomic mass is 15.0. The first-order valence-electron chi connectivity index (χ1n) is 6.10. The Hall–Kier alpha value is -2.54. The van der Waals surface area contributed by atoms with Crippen LogP contribution in [-0.4, -0.2) is 4.98 Å². The third-order valence-electron chi connectivity index (χ3n) is 3.05. The lowest BCUT2D eigenvalue weighted by atomic mass is 10.0. The number of hydrogen-bond acceptors (Lipinski definition) is 4. The second-order valence-corrected chi connectivity index (χ2v) is 4.47. The number of nitrogens with zero attached hydrogens (tertiary/aromatic N) is 2. The summed E-state index contributed by atoms with van der Waals surface area (Å²) in [6.07, 6.45) is 0. The van der Waals surface area contributed by atoms with Crippen molar-refractivity contribution in [3.63, 3.8) is 0 Å². The van der Waals surface area contributed by atoms with Crippen LogP contribution in [0.15, 0.2) is 36.4 Å². The minimum atomic E-state index is 0.115. The fourth-order valence-corrected chi connectivity index (χ4v) is 2.01. The Bertz CT molecular complexity index is 628. The number of benzene rings is 1. The molecule has 1 aromatic heterocycles. The van der Waals surface area contributed by atoms with E-state index in [0.29, 0.717) is 11.5 Å². The van der Waals surface area contributed by atoms with E-state index < -0.39 is 0 Å². The number of hydrogen-bond donors (Lipinski definition) is 2. The monoisotopic (exact) mass is 252 g/mol. The van der Waals surface area contributed by atoms with Crippen LogP contribution >= 0.6 is 0 Å². The molecule has 0 bridgehead atoms. The van der Waals surface area contributed by atoms with Crippen LogP contribution in [0, 0.1) is 18.3 Å². The fourth-order valence-electron chi connectivity index (χ4n) is 2.01. The third-order valence-corrected chi connectivity index (χ3v) is 3.05. The molecule has 96 valence electrons. The molecule has 3 N–H and O–H groups in total. The molecular weight excluding hydrogens is 236 g/mol. The van der Waals surface area contributed by atoms with Crippen molar-refractivity contribution in [3.8, 4) is 6.07 Å². The van der Waals surface area contributed by atoms with Crippen LogP contribution in [0.5, 0.6) is 0 Å². The Morgan fingerprint density at radius 3 is 2.68 bits per heavy atom. The van der Waals surface area contributed by atoms with Gasteiger partial charge in [-0.2, -0.15) is 5.26 Å². The van der Waals surface area contributed by atoms with Crippen LogP contribution in [-0.2, 0) is 0 Å². The minimum Gasteiger partial charge on any atom is -0.396 e. The van der Waals surface area contributed by atoms with Crippen molar-refractivity contribution in [2.45, 2.75) is 19.9 Å². The number of nitrogens with two attached hydrogens (primary N) is 1. The number of aryl methyl sites for hydroxylation is 1. The summed E-state index contributed by atoms with van der Waals surface area (Å²) in [6, 6.07) is 13.8. The molecule has 2 rings (SSSR count). The van der Waals surface area contributed by atoms with Gasteiger partial charge in [0.2, 0.25) is 0 Å². The second-order valence-electron chi connectivity index (χ2n) is 4.47. The highest BCUT2D eigenvalue weighted by Gasteiger charge is 2.09. The number of rotatable bonds is 3. The number of nitrogens with one attached hydrogen (secondary N) is 1. The summed E-state index contributed by atoms with van der Waals surface area (Å²) in [5, 5.41) is 12.2. The SMILES string of the molecule is Cc1ccccc1C(C)Nc1ccc(N)c(C#N)n1. The zero-order chi connectivity index (χ0) is 13.8. The van der Waals surface area contributed by atoms with Crippen molar-refractivity contribution in [1.29, 1.82) is 5.26 Å². The molecule has 0 aliphatic rings. The summed E-state index contributed by atoms with van der Waals surface area (Å²) in [5.74, 6) is 0.654. The van der Waals surface area contributed by atoms with Gasteiger partial charge in [0.1, 0.15) is 11.9 Å². The summed E-state index contributed by atoms with van der Waals surface area (Å²) in [7, 11) is 0. The molecule has 19 heavy (non-hydrogen) atoms. The average molecular weight is 252 g/mol. The van der Waals surface area contributed by atoms with Crippen molar-refractivity contribution in [1.82, 2.24) is 4.98 Å². The van der Waals surface area contributed by atoms with Gasteiger partial charge in [-0.25, -0.2) is 4.98 Å². The van der Waals surface area contributed by atoms with E-state index >= 15 is 0 Å². The van der Waals surface area contributed by atoms with Gasteiger partial charge in [0.15, 0.2) is 5.69 Å². The molecule has 0 amide bonds. The fraction of sp³-hybridized carbons (Fsp3) is 0.200. The van der Waals surface area contributed by atoms with Crippen LogP contribution in [0.2, 0.25) is 0 Å². The molecule has 0 spiro atoms. The van der Waals surface area contributed by atoms with Gasteiger partial charge in [0.05, 0.1) is 11.7 Å². The molecule has 1 unspecified atom stereocenters. The van der Waals surface area contributed by atoms with Crippen LogP contribution in [0.3, 0.4) is 0 Å². The maximum absolute atomic E-state index is 8.92. The van der Waals surface area contributed by atoms with E-state index in [1.807, 2.05) is 18.2 Å². The lowest BCUT2D eigenvalue weighted by Gasteiger charge is -2.17. The molecule has 2 aromatic rings. The Labute approximate surface area is 112 Å². The van der Waals surface area contributed by atoms with Crippen molar-refractivity contribution in [2.24, 2.45) is 0 Å². The molecule has 0 aliphatic carbocycles. The Morgan fingerprint density at radius 1 is 1.26 bits per heavy atom. The maximum Gasteiger partial charge on any atom is 0.165 e. The summed E-state index contributed by atoms with van der Waals surface area (Å²) >= 11 is 0. The van der Waals surface area contributed by atoms with Gasteiger partial charge in [-0.05, 0) is 37.1 Å². The standard InChI is InChI=1S/C15H16N4/c1-10-5-3-4-6-12(10)11(2)18-15-8-7-13(17)14(9-16)19-15/h3-8,11H,17H2,1-2H3,(H,18,19). The molecule has 0 saturated heterocycles. The van der Waals surface area contributed by atoms with E-state index in [1.165, 1.54) is 11.1 Å². The number of anilines is 2. The minimum absolute atomic E-state index is 0.115. The molecule has 1 atom stereocenters. The smallest absolute Gasteiger partial charge is 0.165 e. The van der Waals surface area contributed by atoms with E-state index in [4.69, 9.17) is 11.0 Å². The summed E-state index contributed by atoms with van der Waals surface area (Å²) < 4.78 is 0. The molecule has 4 nitrogen and oxygen atoms in total.